The summed E-state index contributed by atoms with van der Waals surface area (Å²) in [5.74, 6) is 2.63. The fraction of sp³-hybridized carbons (Fsp3) is 0.923. The van der Waals surface area contributed by atoms with E-state index in [9.17, 15) is 4.79 Å². The van der Waals surface area contributed by atoms with Crippen LogP contribution in [-0.4, -0.2) is 47.0 Å². The summed E-state index contributed by atoms with van der Waals surface area (Å²) in [6, 6.07) is 1.34. The lowest BCUT2D eigenvalue weighted by Gasteiger charge is -2.31. The number of likely N-dealkylation sites (tertiary alicyclic amines) is 1. The van der Waals surface area contributed by atoms with Gasteiger partial charge in [0.1, 0.15) is 0 Å². The highest BCUT2D eigenvalue weighted by atomic mass is 35.5. The molecular formula is C13H25ClN2OS. The molecule has 0 aromatic heterocycles. The van der Waals surface area contributed by atoms with Crippen LogP contribution in [0.2, 0.25) is 0 Å². The van der Waals surface area contributed by atoms with Gasteiger partial charge in [0.25, 0.3) is 0 Å². The molecule has 1 N–H and O–H groups in total. The Morgan fingerprint density at radius 2 is 2.22 bits per heavy atom. The fourth-order valence-electron chi connectivity index (χ4n) is 2.99. The number of nitrogens with one attached hydrogen (secondary N) is 1. The van der Waals surface area contributed by atoms with Crippen LogP contribution in [0.25, 0.3) is 0 Å². The van der Waals surface area contributed by atoms with E-state index in [0.717, 1.165) is 18.7 Å². The van der Waals surface area contributed by atoms with Gasteiger partial charge in [-0.3, -0.25) is 4.79 Å². The first-order valence-corrected chi connectivity index (χ1v) is 8.00. The van der Waals surface area contributed by atoms with Gasteiger partial charge in [-0.1, -0.05) is 6.92 Å². The standard InChI is InChI=1S/C13H24N2OS.ClH/c1-3-12-5-4-10(2)15(12)13(16)8-11-9-17-7-6-14-11;/h10-12,14H,3-9H2,1-2H3;1H. The zero-order valence-electron chi connectivity index (χ0n) is 11.4. The summed E-state index contributed by atoms with van der Waals surface area (Å²) < 4.78 is 0. The van der Waals surface area contributed by atoms with E-state index in [0.29, 0.717) is 30.5 Å². The Morgan fingerprint density at radius 1 is 1.44 bits per heavy atom. The molecule has 0 spiro atoms. The molecule has 1 amide bonds. The Bertz CT molecular complexity index is 272. The summed E-state index contributed by atoms with van der Waals surface area (Å²) in [7, 11) is 0. The van der Waals surface area contributed by atoms with Crippen molar-refractivity contribution in [3.8, 4) is 0 Å². The zero-order chi connectivity index (χ0) is 12.3. The first-order chi connectivity index (χ1) is 8.22. The maximum atomic E-state index is 12.4. The van der Waals surface area contributed by atoms with Gasteiger partial charge in [-0.2, -0.15) is 11.8 Å². The molecule has 0 bridgehead atoms. The van der Waals surface area contributed by atoms with Crippen LogP contribution >= 0.6 is 24.2 Å². The first-order valence-electron chi connectivity index (χ1n) is 6.84. The van der Waals surface area contributed by atoms with E-state index in [2.05, 4.69) is 24.1 Å². The molecule has 3 nitrogen and oxygen atoms in total. The van der Waals surface area contributed by atoms with Gasteiger partial charge in [0.05, 0.1) is 0 Å². The minimum absolute atomic E-state index is 0. The predicted octanol–water partition coefficient (Wildman–Crippen LogP) is 2.29. The van der Waals surface area contributed by atoms with Crippen LogP contribution in [0.3, 0.4) is 0 Å². The van der Waals surface area contributed by atoms with Gasteiger partial charge >= 0.3 is 0 Å². The molecule has 2 rings (SSSR count). The van der Waals surface area contributed by atoms with Crippen molar-refractivity contribution in [1.29, 1.82) is 0 Å². The SMILES string of the molecule is CCC1CCC(C)N1C(=O)CC1CSCCN1.Cl. The third-order valence-corrected chi connectivity index (χ3v) is 5.10. The molecule has 0 aliphatic carbocycles. The number of thioether (sulfide) groups is 1. The van der Waals surface area contributed by atoms with Gasteiger partial charge in [0.15, 0.2) is 0 Å². The molecule has 0 saturated carbocycles. The van der Waals surface area contributed by atoms with Crippen LogP contribution in [0, 0.1) is 0 Å². The molecule has 3 atom stereocenters. The topological polar surface area (TPSA) is 32.3 Å². The van der Waals surface area contributed by atoms with Gasteiger partial charge in [0.2, 0.25) is 5.91 Å². The minimum atomic E-state index is 0. The molecule has 0 aromatic rings. The van der Waals surface area contributed by atoms with Crippen molar-refractivity contribution in [3.63, 3.8) is 0 Å². The highest BCUT2D eigenvalue weighted by molar-refractivity contribution is 7.99. The molecule has 2 fully saturated rings. The van der Waals surface area contributed by atoms with E-state index >= 15 is 0 Å². The molecule has 3 unspecified atom stereocenters. The molecule has 0 radical (unpaired) electrons. The number of hydrogen-bond donors (Lipinski definition) is 1. The summed E-state index contributed by atoms with van der Waals surface area (Å²) in [5, 5.41) is 3.45. The van der Waals surface area contributed by atoms with Gasteiger partial charge in [-0.15, -0.1) is 12.4 Å². The molecule has 106 valence electrons. The van der Waals surface area contributed by atoms with E-state index in [1.807, 2.05) is 11.8 Å². The lowest BCUT2D eigenvalue weighted by atomic mass is 10.1. The van der Waals surface area contributed by atoms with Crippen molar-refractivity contribution >= 4 is 30.1 Å². The molecule has 2 heterocycles. The van der Waals surface area contributed by atoms with Crippen LogP contribution in [0.4, 0.5) is 0 Å². The molecule has 18 heavy (non-hydrogen) atoms. The lowest BCUT2D eigenvalue weighted by Crippen LogP contribution is -2.45. The summed E-state index contributed by atoms with van der Waals surface area (Å²) in [6.45, 7) is 5.43. The van der Waals surface area contributed by atoms with E-state index in [1.54, 1.807) is 0 Å². The van der Waals surface area contributed by atoms with E-state index in [-0.39, 0.29) is 12.4 Å². The number of amides is 1. The van der Waals surface area contributed by atoms with Gasteiger partial charge in [-0.25, -0.2) is 0 Å². The number of halogens is 1. The number of carbonyl (C=O) groups excluding carboxylic acids is 1. The second-order valence-corrected chi connectivity index (χ2v) is 6.37. The quantitative estimate of drug-likeness (QED) is 0.866. The molecule has 5 heteroatoms. The van der Waals surface area contributed by atoms with E-state index in [1.165, 1.54) is 18.6 Å². The summed E-state index contributed by atoms with van der Waals surface area (Å²) in [4.78, 5) is 14.5. The van der Waals surface area contributed by atoms with Crippen molar-refractivity contribution < 1.29 is 4.79 Å². The third-order valence-electron chi connectivity index (χ3n) is 3.96. The lowest BCUT2D eigenvalue weighted by molar-refractivity contribution is -0.134. The second kappa shape index (κ2) is 7.61. The first kappa shape index (κ1) is 16.1. The number of rotatable bonds is 3. The average Bonchev–Trinajstić information content (AvgIpc) is 2.71. The molecule has 2 aliphatic heterocycles. The Hall–Kier alpha value is 0.0700. The molecule has 2 aliphatic rings. The van der Waals surface area contributed by atoms with Gasteiger partial charge in [-0.05, 0) is 26.2 Å². The Morgan fingerprint density at radius 3 is 2.83 bits per heavy atom. The maximum Gasteiger partial charge on any atom is 0.224 e. The van der Waals surface area contributed by atoms with Gasteiger partial charge < -0.3 is 10.2 Å². The average molecular weight is 293 g/mol. The van der Waals surface area contributed by atoms with Crippen LogP contribution < -0.4 is 5.32 Å². The van der Waals surface area contributed by atoms with E-state index in [4.69, 9.17) is 0 Å². The van der Waals surface area contributed by atoms with Crippen molar-refractivity contribution in [2.75, 3.05) is 18.1 Å². The monoisotopic (exact) mass is 292 g/mol. The highest BCUT2D eigenvalue weighted by Gasteiger charge is 2.33. The van der Waals surface area contributed by atoms with Crippen LogP contribution in [-0.2, 0) is 4.79 Å². The van der Waals surface area contributed by atoms with E-state index < -0.39 is 0 Å². The number of carbonyl (C=O) groups is 1. The Kier molecular flexibility index (Phi) is 6.82. The van der Waals surface area contributed by atoms with Crippen molar-refractivity contribution in [1.82, 2.24) is 10.2 Å². The summed E-state index contributed by atoms with van der Waals surface area (Å²) >= 11 is 1.96. The number of hydrogen-bond acceptors (Lipinski definition) is 3. The summed E-state index contributed by atoms with van der Waals surface area (Å²) in [6.07, 6.45) is 4.16. The summed E-state index contributed by atoms with van der Waals surface area (Å²) in [5.41, 5.74) is 0. The smallest absolute Gasteiger partial charge is 0.224 e. The van der Waals surface area contributed by atoms with Crippen LogP contribution in [0.1, 0.15) is 39.5 Å². The second-order valence-electron chi connectivity index (χ2n) is 5.22. The van der Waals surface area contributed by atoms with Crippen molar-refractivity contribution in [2.24, 2.45) is 0 Å². The Balaban J connectivity index is 0.00000162. The molecule has 2 saturated heterocycles. The zero-order valence-corrected chi connectivity index (χ0v) is 13.0. The van der Waals surface area contributed by atoms with Crippen molar-refractivity contribution in [2.45, 2.75) is 57.7 Å². The number of nitrogens with zero attached hydrogens (tertiary/aromatic N) is 1. The van der Waals surface area contributed by atoms with Crippen LogP contribution in [0.5, 0.6) is 0 Å². The fourth-order valence-corrected chi connectivity index (χ4v) is 3.94. The third kappa shape index (κ3) is 3.78. The largest absolute Gasteiger partial charge is 0.337 e. The highest BCUT2D eigenvalue weighted by Crippen LogP contribution is 2.27. The van der Waals surface area contributed by atoms with Crippen LogP contribution in [0.15, 0.2) is 0 Å². The molecular weight excluding hydrogens is 268 g/mol. The van der Waals surface area contributed by atoms with Gasteiger partial charge in [0, 0.05) is 42.6 Å². The Labute approximate surface area is 121 Å². The molecule has 0 aromatic carbocycles. The predicted molar refractivity (Wildman–Crippen MR) is 80.6 cm³/mol. The maximum absolute atomic E-state index is 12.4. The van der Waals surface area contributed by atoms with Crippen molar-refractivity contribution in [3.05, 3.63) is 0 Å². The normalized spacial score (nSPS) is 32.1. The minimum Gasteiger partial charge on any atom is -0.337 e.